The van der Waals surface area contributed by atoms with Gasteiger partial charge in [0.2, 0.25) is 0 Å². The Morgan fingerprint density at radius 3 is 2.96 bits per heavy atom. The van der Waals surface area contributed by atoms with Crippen LogP contribution in [-0.4, -0.2) is 28.3 Å². The zero-order valence-corrected chi connectivity index (χ0v) is 14.2. The first kappa shape index (κ1) is 16.7. The van der Waals surface area contributed by atoms with E-state index in [4.69, 9.17) is 4.74 Å². The summed E-state index contributed by atoms with van der Waals surface area (Å²) < 4.78 is 7.64. The lowest BCUT2D eigenvalue weighted by Gasteiger charge is -2.07. The second-order valence-corrected chi connectivity index (χ2v) is 5.90. The van der Waals surface area contributed by atoms with E-state index in [1.807, 2.05) is 42.7 Å². The Bertz CT molecular complexity index is 894. The van der Waals surface area contributed by atoms with Gasteiger partial charge in [-0.2, -0.15) is 5.10 Å². The van der Waals surface area contributed by atoms with Crippen molar-refractivity contribution >= 4 is 23.0 Å². The van der Waals surface area contributed by atoms with Gasteiger partial charge in [0.1, 0.15) is 11.3 Å². The van der Waals surface area contributed by atoms with Crippen LogP contribution in [0.15, 0.2) is 60.1 Å². The van der Waals surface area contributed by atoms with Crippen molar-refractivity contribution < 1.29 is 9.53 Å². The van der Waals surface area contributed by atoms with Crippen LogP contribution < -0.4 is 10.2 Å². The predicted molar refractivity (Wildman–Crippen MR) is 97.8 cm³/mol. The molecule has 0 bridgehead atoms. The molecule has 0 fully saturated rings. The number of amides is 1. The summed E-state index contributed by atoms with van der Waals surface area (Å²) in [4.78, 5) is 16.2. The average Bonchev–Trinajstić information content (AvgIpc) is 3.09. The van der Waals surface area contributed by atoms with Gasteiger partial charge in [-0.1, -0.05) is 18.2 Å². The third-order valence-electron chi connectivity index (χ3n) is 3.69. The number of carbonyl (C=O) groups is 1. The van der Waals surface area contributed by atoms with Gasteiger partial charge < -0.3 is 9.30 Å². The smallest absolute Gasteiger partial charge is 0.277 e. The zero-order valence-electron chi connectivity index (χ0n) is 14.2. The van der Waals surface area contributed by atoms with Gasteiger partial charge in [0.25, 0.3) is 5.91 Å². The Kier molecular flexibility index (Phi) is 5.09. The molecule has 0 aliphatic carbocycles. The molecular formula is C19H20N4O2. The van der Waals surface area contributed by atoms with Crippen LogP contribution in [0, 0.1) is 0 Å². The minimum atomic E-state index is -0.326. The van der Waals surface area contributed by atoms with E-state index >= 15 is 0 Å². The maximum absolute atomic E-state index is 11.9. The second kappa shape index (κ2) is 7.61. The molecule has 0 unspecified atom stereocenters. The maximum Gasteiger partial charge on any atom is 0.277 e. The van der Waals surface area contributed by atoms with Crippen LogP contribution in [0.3, 0.4) is 0 Å². The third-order valence-corrected chi connectivity index (χ3v) is 3.69. The quantitative estimate of drug-likeness (QED) is 0.555. The molecule has 128 valence electrons. The van der Waals surface area contributed by atoms with E-state index in [-0.39, 0.29) is 12.5 Å². The highest BCUT2D eigenvalue weighted by Crippen LogP contribution is 2.22. The molecule has 3 rings (SSSR count). The van der Waals surface area contributed by atoms with Crippen molar-refractivity contribution in [3.63, 3.8) is 0 Å². The number of aromatic nitrogens is 2. The fourth-order valence-corrected chi connectivity index (χ4v) is 2.37. The summed E-state index contributed by atoms with van der Waals surface area (Å²) in [6, 6.07) is 11.7. The molecule has 1 amide bonds. The van der Waals surface area contributed by atoms with Gasteiger partial charge in [0, 0.05) is 35.6 Å². The first-order valence-electron chi connectivity index (χ1n) is 8.09. The SMILES string of the molecule is CC(C)n1ccc(/C=N\NC(=O)COc2cccc3cccnc23)c1. The fraction of sp³-hybridized carbons (Fsp3) is 0.211. The Balaban J connectivity index is 1.54. The first-order chi connectivity index (χ1) is 12.1. The maximum atomic E-state index is 11.9. The number of hydrazone groups is 1. The van der Waals surface area contributed by atoms with Crippen molar-refractivity contribution in [2.75, 3.05) is 6.61 Å². The average molecular weight is 336 g/mol. The number of rotatable bonds is 6. The summed E-state index contributed by atoms with van der Waals surface area (Å²) in [6.07, 6.45) is 7.25. The Morgan fingerprint density at radius 1 is 1.32 bits per heavy atom. The molecule has 1 N–H and O–H groups in total. The summed E-state index contributed by atoms with van der Waals surface area (Å²) >= 11 is 0. The molecule has 2 heterocycles. The van der Waals surface area contributed by atoms with Crippen LogP contribution in [0.1, 0.15) is 25.5 Å². The topological polar surface area (TPSA) is 68.5 Å². The van der Waals surface area contributed by atoms with Crippen LogP contribution in [-0.2, 0) is 4.79 Å². The molecule has 2 aromatic heterocycles. The van der Waals surface area contributed by atoms with Crippen LogP contribution >= 0.6 is 0 Å². The van der Waals surface area contributed by atoms with Gasteiger partial charge in [-0.05, 0) is 32.0 Å². The number of hydrogen-bond acceptors (Lipinski definition) is 4. The number of nitrogens with zero attached hydrogens (tertiary/aromatic N) is 3. The highest BCUT2D eigenvalue weighted by atomic mass is 16.5. The van der Waals surface area contributed by atoms with Gasteiger partial charge in [-0.25, -0.2) is 5.43 Å². The summed E-state index contributed by atoms with van der Waals surface area (Å²) in [5, 5.41) is 4.92. The molecule has 0 saturated heterocycles. The van der Waals surface area contributed by atoms with E-state index in [2.05, 4.69) is 33.9 Å². The molecule has 25 heavy (non-hydrogen) atoms. The van der Waals surface area contributed by atoms with Crippen molar-refractivity contribution in [1.29, 1.82) is 0 Å². The number of para-hydroxylation sites is 1. The minimum Gasteiger partial charge on any atom is -0.481 e. The minimum absolute atomic E-state index is 0.125. The molecule has 6 nitrogen and oxygen atoms in total. The van der Waals surface area contributed by atoms with Crippen molar-refractivity contribution in [3.8, 4) is 5.75 Å². The lowest BCUT2D eigenvalue weighted by molar-refractivity contribution is -0.123. The number of fused-ring (bicyclic) bond motifs is 1. The lowest BCUT2D eigenvalue weighted by Crippen LogP contribution is -2.24. The molecule has 0 radical (unpaired) electrons. The summed E-state index contributed by atoms with van der Waals surface area (Å²) in [5.41, 5.74) is 4.12. The van der Waals surface area contributed by atoms with E-state index in [9.17, 15) is 4.79 Å². The fourth-order valence-electron chi connectivity index (χ4n) is 2.37. The number of ether oxygens (including phenoxy) is 1. The van der Waals surface area contributed by atoms with Crippen molar-refractivity contribution in [3.05, 3.63) is 60.6 Å². The number of nitrogens with one attached hydrogen (secondary N) is 1. The standard InChI is InChI=1S/C19H20N4O2/c1-14(2)23-10-8-15(12-23)11-21-22-18(24)13-25-17-7-3-5-16-6-4-9-20-19(16)17/h3-12,14H,13H2,1-2H3,(H,22,24)/b21-11-. The van der Waals surface area contributed by atoms with E-state index in [1.54, 1.807) is 18.5 Å². The molecule has 1 aromatic carbocycles. The summed E-state index contributed by atoms with van der Waals surface area (Å²) in [7, 11) is 0. The van der Waals surface area contributed by atoms with Crippen molar-refractivity contribution in [2.24, 2.45) is 5.10 Å². The second-order valence-electron chi connectivity index (χ2n) is 5.90. The van der Waals surface area contributed by atoms with Gasteiger partial charge in [-0.3, -0.25) is 9.78 Å². The van der Waals surface area contributed by atoms with Crippen LogP contribution in [0.25, 0.3) is 10.9 Å². The monoisotopic (exact) mass is 336 g/mol. The third kappa shape index (κ3) is 4.23. The van der Waals surface area contributed by atoms with E-state index < -0.39 is 0 Å². The first-order valence-corrected chi connectivity index (χ1v) is 8.09. The van der Waals surface area contributed by atoms with Gasteiger partial charge >= 0.3 is 0 Å². The highest BCUT2D eigenvalue weighted by molar-refractivity contribution is 5.85. The van der Waals surface area contributed by atoms with Crippen molar-refractivity contribution in [1.82, 2.24) is 15.0 Å². The molecule has 3 aromatic rings. The molecule has 0 aliphatic rings. The lowest BCUT2D eigenvalue weighted by atomic mass is 10.2. The predicted octanol–water partition coefficient (Wildman–Crippen LogP) is 3.15. The summed E-state index contributed by atoms with van der Waals surface area (Å²) in [6.45, 7) is 4.07. The van der Waals surface area contributed by atoms with E-state index in [1.165, 1.54) is 0 Å². The highest BCUT2D eigenvalue weighted by Gasteiger charge is 2.06. The Morgan fingerprint density at radius 2 is 2.16 bits per heavy atom. The normalized spacial score (nSPS) is 11.3. The van der Waals surface area contributed by atoms with Crippen LogP contribution in [0.5, 0.6) is 5.75 Å². The Hall–Kier alpha value is -3.15. The number of hydrogen-bond donors (Lipinski definition) is 1. The molecule has 0 spiro atoms. The molecular weight excluding hydrogens is 316 g/mol. The number of benzene rings is 1. The zero-order chi connectivity index (χ0) is 17.6. The molecule has 0 aliphatic heterocycles. The van der Waals surface area contributed by atoms with Gasteiger partial charge in [-0.15, -0.1) is 0 Å². The summed E-state index contributed by atoms with van der Waals surface area (Å²) in [5.74, 6) is 0.249. The van der Waals surface area contributed by atoms with Gasteiger partial charge in [0.15, 0.2) is 6.61 Å². The molecule has 6 heteroatoms. The van der Waals surface area contributed by atoms with Crippen molar-refractivity contribution in [2.45, 2.75) is 19.9 Å². The molecule has 0 atom stereocenters. The van der Waals surface area contributed by atoms with Gasteiger partial charge in [0.05, 0.1) is 6.21 Å². The van der Waals surface area contributed by atoms with E-state index in [0.29, 0.717) is 11.8 Å². The number of pyridine rings is 1. The number of carbonyl (C=O) groups excluding carboxylic acids is 1. The Labute approximate surface area is 146 Å². The largest absolute Gasteiger partial charge is 0.481 e. The van der Waals surface area contributed by atoms with Crippen LogP contribution in [0.4, 0.5) is 0 Å². The van der Waals surface area contributed by atoms with Crippen LogP contribution in [0.2, 0.25) is 0 Å². The van der Waals surface area contributed by atoms with E-state index in [0.717, 1.165) is 16.5 Å². The molecule has 0 saturated carbocycles.